The number of carboxylic acid groups (broad SMARTS) is 1. The van der Waals surface area contributed by atoms with E-state index in [4.69, 9.17) is 15.6 Å². The summed E-state index contributed by atoms with van der Waals surface area (Å²) < 4.78 is 4.89. The van der Waals surface area contributed by atoms with Crippen molar-refractivity contribution in [3.05, 3.63) is 29.8 Å². The van der Waals surface area contributed by atoms with Gasteiger partial charge >= 0.3 is 11.9 Å². The molecule has 17 heavy (non-hydrogen) atoms. The van der Waals surface area contributed by atoms with Gasteiger partial charge in [0.1, 0.15) is 0 Å². The summed E-state index contributed by atoms with van der Waals surface area (Å²) >= 11 is 0. The van der Waals surface area contributed by atoms with Crippen LogP contribution in [0, 0.1) is 0 Å². The summed E-state index contributed by atoms with van der Waals surface area (Å²) in [6.07, 6.45) is 0.316. The SMILES string of the molecule is Nc1ccc(CCOC(=O)CCC(=O)O)cc1. The van der Waals surface area contributed by atoms with E-state index in [9.17, 15) is 9.59 Å². The number of hydrogen-bond acceptors (Lipinski definition) is 4. The first-order chi connectivity index (χ1) is 8.08. The average Bonchev–Trinajstić information content (AvgIpc) is 2.29. The van der Waals surface area contributed by atoms with Crippen LogP contribution in [0.5, 0.6) is 0 Å². The Morgan fingerprint density at radius 2 is 1.82 bits per heavy atom. The summed E-state index contributed by atoms with van der Waals surface area (Å²) in [4.78, 5) is 21.3. The second-order valence-corrected chi connectivity index (χ2v) is 3.61. The summed E-state index contributed by atoms with van der Waals surface area (Å²) in [5.41, 5.74) is 7.24. The van der Waals surface area contributed by atoms with E-state index in [1.807, 2.05) is 12.1 Å². The van der Waals surface area contributed by atoms with Gasteiger partial charge in [0.25, 0.3) is 0 Å². The van der Waals surface area contributed by atoms with Crippen molar-refractivity contribution in [2.45, 2.75) is 19.3 Å². The Hall–Kier alpha value is -2.04. The first-order valence-electron chi connectivity index (χ1n) is 5.30. The zero-order valence-electron chi connectivity index (χ0n) is 9.39. The number of aliphatic carboxylic acids is 1. The Balaban J connectivity index is 2.21. The van der Waals surface area contributed by atoms with E-state index in [1.54, 1.807) is 12.1 Å². The third-order valence-corrected chi connectivity index (χ3v) is 2.18. The highest BCUT2D eigenvalue weighted by atomic mass is 16.5. The maximum Gasteiger partial charge on any atom is 0.306 e. The molecule has 1 aromatic rings. The van der Waals surface area contributed by atoms with Crippen LogP contribution in [0.15, 0.2) is 24.3 Å². The van der Waals surface area contributed by atoms with Crippen molar-refractivity contribution < 1.29 is 19.4 Å². The fraction of sp³-hybridized carbons (Fsp3) is 0.333. The molecule has 1 rings (SSSR count). The first kappa shape index (κ1) is 13.0. The van der Waals surface area contributed by atoms with E-state index in [1.165, 1.54) is 0 Å². The molecule has 0 spiro atoms. The monoisotopic (exact) mass is 237 g/mol. The molecule has 0 amide bonds. The van der Waals surface area contributed by atoms with Crippen LogP contribution in [0.4, 0.5) is 5.69 Å². The fourth-order valence-corrected chi connectivity index (χ4v) is 1.25. The first-order valence-corrected chi connectivity index (χ1v) is 5.30. The topological polar surface area (TPSA) is 89.6 Å². The quantitative estimate of drug-likeness (QED) is 0.573. The average molecular weight is 237 g/mol. The number of carboxylic acids is 1. The van der Waals surface area contributed by atoms with Gasteiger partial charge in [-0.15, -0.1) is 0 Å². The van der Waals surface area contributed by atoms with Crippen LogP contribution in [-0.2, 0) is 20.7 Å². The lowest BCUT2D eigenvalue weighted by Gasteiger charge is -2.04. The second-order valence-electron chi connectivity index (χ2n) is 3.61. The van der Waals surface area contributed by atoms with Crippen LogP contribution in [0.2, 0.25) is 0 Å². The molecule has 5 heteroatoms. The number of esters is 1. The van der Waals surface area contributed by atoms with Gasteiger partial charge in [-0.05, 0) is 17.7 Å². The number of nitrogen functional groups attached to an aromatic ring is 1. The van der Waals surface area contributed by atoms with Gasteiger partial charge in [-0.3, -0.25) is 9.59 Å². The maximum atomic E-state index is 11.1. The van der Waals surface area contributed by atoms with Crippen LogP contribution in [0.1, 0.15) is 18.4 Å². The summed E-state index contributed by atoms with van der Waals surface area (Å²) in [7, 11) is 0. The predicted molar refractivity (Wildman–Crippen MR) is 62.4 cm³/mol. The smallest absolute Gasteiger partial charge is 0.306 e. The van der Waals surface area contributed by atoms with Crippen molar-refractivity contribution in [3.8, 4) is 0 Å². The largest absolute Gasteiger partial charge is 0.481 e. The molecule has 0 fully saturated rings. The Morgan fingerprint density at radius 1 is 1.18 bits per heavy atom. The highest BCUT2D eigenvalue weighted by molar-refractivity contribution is 5.76. The van der Waals surface area contributed by atoms with Gasteiger partial charge in [0.15, 0.2) is 0 Å². The number of anilines is 1. The molecule has 0 bridgehead atoms. The van der Waals surface area contributed by atoms with Gasteiger partial charge in [0.05, 0.1) is 19.4 Å². The molecule has 0 heterocycles. The zero-order chi connectivity index (χ0) is 12.7. The molecule has 0 radical (unpaired) electrons. The van der Waals surface area contributed by atoms with Crippen molar-refractivity contribution in [1.29, 1.82) is 0 Å². The Labute approximate surface area is 99.2 Å². The fourth-order valence-electron chi connectivity index (χ4n) is 1.25. The molecule has 1 aromatic carbocycles. The van der Waals surface area contributed by atoms with Gasteiger partial charge < -0.3 is 15.6 Å². The lowest BCUT2D eigenvalue weighted by atomic mass is 10.1. The molecular formula is C12H15NO4. The molecule has 0 saturated carbocycles. The van der Waals surface area contributed by atoms with E-state index in [0.29, 0.717) is 12.1 Å². The van der Waals surface area contributed by atoms with Gasteiger partial charge in [0.2, 0.25) is 0 Å². The molecule has 0 unspecified atom stereocenters. The molecule has 92 valence electrons. The normalized spacial score (nSPS) is 9.88. The van der Waals surface area contributed by atoms with Crippen LogP contribution < -0.4 is 5.73 Å². The molecule has 0 aliphatic carbocycles. The summed E-state index contributed by atoms with van der Waals surface area (Å²) in [5.74, 6) is -1.48. The van der Waals surface area contributed by atoms with Crippen molar-refractivity contribution in [3.63, 3.8) is 0 Å². The van der Waals surface area contributed by atoms with Crippen molar-refractivity contribution in [2.75, 3.05) is 12.3 Å². The van der Waals surface area contributed by atoms with E-state index in [-0.39, 0.29) is 19.4 Å². The van der Waals surface area contributed by atoms with Crippen LogP contribution in [-0.4, -0.2) is 23.7 Å². The Bertz CT molecular complexity index is 386. The Morgan fingerprint density at radius 3 is 2.41 bits per heavy atom. The van der Waals surface area contributed by atoms with Crippen molar-refractivity contribution in [2.24, 2.45) is 0 Å². The Kier molecular flexibility index (Phi) is 5.00. The summed E-state index contributed by atoms with van der Waals surface area (Å²) in [6, 6.07) is 7.28. The third-order valence-electron chi connectivity index (χ3n) is 2.18. The summed E-state index contributed by atoms with van der Waals surface area (Å²) in [6.45, 7) is 0.252. The third kappa shape index (κ3) is 5.55. The molecule has 0 aliphatic rings. The molecular weight excluding hydrogens is 222 g/mol. The highest BCUT2D eigenvalue weighted by Gasteiger charge is 2.06. The van der Waals surface area contributed by atoms with Crippen molar-refractivity contribution >= 4 is 17.6 Å². The molecule has 0 aliphatic heterocycles. The number of rotatable bonds is 6. The molecule has 0 aromatic heterocycles. The number of carbonyl (C=O) groups is 2. The molecule has 3 N–H and O–H groups in total. The van der Waals surface area contributed by atoms with Crippen molar-refractivity contribution in [1.82, 2.24) is 0 Å². The second kappa shape index (κ2) is 6.52. The van der Waals surface area contributed by atoms with Crippen LogP contribution in [0.25, 0.3) is 0 Å². The lowest BCUT2D eigenvalue weighted by Crippen LogP contribution is -2.09. The number of hydrogen-bond donors (Lipinski definition) is 2. The zero-order valence-corrected chi connectivity index (χ0v) is 9.39. The minimum atomic E-state index is -1.000. The lowest BCUT2D eigenvalue weighted by molar-refractivity contribution is -0.147. The highest BCUT2D eigenvalue weighted by Crippen LogP contribution is 2.06. The van der Waals surface area contributed by atoms with Crippen LogP contribution >= 0.6 is 0 Å². The predicted octanol–water partition coefficient (Wildman–Crippen LogP) is 1.22. The number of carbonyl (C=O) groups excluding carboxylic acids is 1. The van der Waals surface area contributed by atoms with E-state index in [2.05, 4.69) is 0 Å². The van der Waals surface area contributed by atoms with Gasteiger partial charge in [0, 0.05) is 12.1 Å². The molecule has 0 atom stereocenters. The number of ether oxygens (including phenoxy) is 1. The number of benzene rings is 1. The van der Waals surface area contributed by atoms with E-state index in [0.717, 1.165) is 5.56 Å². The maximum absolute atomic E-state index is 11.1. The minimum absolute atomic E-state index is 0.0862. The van der Waals surface area contributed by atoms with Gasteiger partial charge in [-0.2, -0.15) is 0 Å². The van der Waals surface area contributed by atoms with Crippen LogP contribution in [0.3, 0.4) is 0 Å². The molecule has 5 nitrogen and oxygen atoms in total. The number of nitrogens with two attached hydrogens (primary N) is 1. The van der Waals surface area contributed by atoms with E-state index >= 15 is 0 Å². The van der Waals surface area contributed by atoms with Gasteiger partial charge in [-0.25, -0.2) is 0 Å². The van der Waals surface area contributed by atoms with E-state index < -0.39 is 11.9 Å². The minimum Gasteiger partial charge on any atom is -0.481 e. The summed E-state index contributed by atoms with van der Waals surface area (Å²) in [5, 5.41) is 8.37. The van der Waals surface area contributed by atoms with Gasteiger partial charge in [-0.1, -0.05) is 12.1 Å². The standard InChI is InChI=1S/C12H15NO4/c13-10-3-1-9(2-4-10)7-8-17-12(16)6-5-11(14)15/h1-4H,5-8,13H2,(H,14,15). The molecule has 0 saturated heterocycles.